The molecule has 0 radical (unpaired) electrons. The van der Waals surface area contributed by atoms with Crippen molar-refractivity contribution in [2.45, 2.75) is 76.9 Å². The van der Waals surface area contributed by atoms with E-state index in [1.54, 1.807) is 6.08 Å². The number of allylic oxidation sites excluding steroid dienone is 1. The van der Waals surface area contributed by atoms with Crippen molar-refractivity contribution in [2.24, 2.45) is 28.1 Å². The zero-order valence-corrected chi connectivity index (χ0v) is 21.2. The molecule has 1 aromatic carbocycles. The summed E-state index contributed by atoms with van der Waals surface area (Å²) >= 11 is 0. The van der Waals surface area contributed by atoms with Gasteiger partial charge in [-0.3, -0.25) is 4.79 Å². The number of carbonyl (C=O) groups excluding carboxylic acids is 2. The summed E-state index contributed by atoms with van der Waals surface area (Å²) in [4.78, 5) is 26.2. The number of methoxy groups -OCH3 is 1. The maximum atomic E-state index is 13.4. The van der Waals surface area contributed by atoms with Crippen LogP contribution in [0.3, 0.4) is 0 Å². The predicted molar refractivity (Wildman–Crippen MR) is 134 cm³/mol. The molecule has 4 fully saturated rings. The zero-order valence-electron chi connectivity index (χ0n) is 21.2. The zero-order chi connectivity index (χ0) is 25.1. The third-order valence-electron chi connectivity index (χ3n) is 10.6. The third kappa shape index (κ3) is 3.37. The van der Waals surface area contributed by atoms with Crippen molar-refractivity contribution in [3.63, 3.8) is 0 Å². The molecule has 0 unspecified atom stereocenters. The van der Waals surface area contributed by atoms with Crippen molar-refractivity contribution < 1.29 is 24.2 Å². The van der Waals surface area contributed by atoms with E-state index in [-0.39, 0.29) is 17.3 Å². The number of ether oxygens (including phenoxy) is 2. The number of fused-ring (bicyclic) bond motifs is 3. The average Bonchev–Trinajstić information content (AvgIpc) is 3.13. The first-order valence-electron chi connectivity index (χ1n) is 13.0. The van der Waals surface area contributed by atoms with Crippen LogP contribution in [0.4, 0.5) is 0 Å². The first kappa shape index (κ1) is 24.3. The topological polar surface area (TPSA) is 72.8 Å². The number of aliphatic hydroxyl groups is 1. The van der Waals surface area contributed by atoms with Crippen LogP contribution in [-0.2, 0) is 19.1 Å². The summed E-state index contributed by atoms with van der Waals surface area (Å²) in [6.07, 6.45) is 9.02. The van der Waals surface area contributed by atoms with Gasteiger partial charge < -0.3 is 14.6 Å². The van der Waals surface area contributed by atoms with Crippen LogP contribution in [0.25, 0.3) is 6.08 Å². The standard InChI is InChI=1S/C30H38O5/c1-20-18-29-16-13-23-27(2,30(29,33)17-12-22(20)19-29)15-14-24(28(23,3)26(32)34-4)35-25(31)11-10-21-8-6-5-7-9-21/h5-11,22-24,33H,1,12-19H2,2-4H3/b11-10+/t22-,23+,24-,27-,28+,29-,30-/m1/s1. The molecule has 0 saturated heterocycles. The normalized spacial score (nSPS) is 42.3. The van der Waals surface area contributed by atoms with Crippen LogP contribution in [0.15, 0.2) is 48.6 Å². The number of rotatable bonds is 4. The summed E-state index contributed by atoms with van der Waals surface area (Å²) in [5.74, 6) is -0.456. The van der Waals surface area contributed by atoms with Crippen LogP contribution in [0.5, 0.6) is 0 Å². The van der Waals surface area contributed by atoms with Crippen molar-refractivity contribution in [3.8, 4) is 0 Å². The van der Waals surface area contributed by atoms with Crippen LogP contribution < -0.4 is 0 Å². The minimum atomic E-state index is -1.03. The fourth-order valence-corrected chi connectivity index (χ4v) is 8.73. The van der Waals surface area contributed by atoms with E-state index < -0.39 is 28.5 Å². The maximum Gasteiger partial charge on any atom is 0.331 e. The summed E-state index contributed by atoms with van der Waals surface area (Å²) in [5.41, 5.74) is -0.321. The molecule has 0 aromatic heterocycles. The van der Waals surface area contributed by atoms with E-state index in [0.29, 0.717) is 18.8 Å². The minimum absolute atomic E-state index is 0.145. The molecule has 0 heterocycles. The van der Waals surface area contributed by atoms with Crippen molar-refractivity contribution in [3.05, 3.63) is 54.1 Å². The Kier molecular flexibility index (Phi) is 5.78. The number of benzene rings is 1. The predicted octanol–water partition coefficient (Wildman–Crippen LogP) is 5.48. The molecule has 1 N–H and O–H groups in total. The highest BCUT2D eigenvalue weighted by molar-refractivity contribution is 5.88. The van der Waals surface area contributed by atoms with Gasteiger partial charge in [0.1, 0.15) is 11.5 Å². The van der Waals surface area contributed by atoms with Gasteiger partial charge >= 0.3 is 11.9 Å². The molecular formula is C30H38O5. The Hall–Kier alpha value is -2.40. The Morgan fingerprint density at radius 1 is 1.09 bits per heavy atom. The minimum Gasteiger partial charge on any atom is -0.468 e. The second kappa shape index (κ2) is 8.33. The summed E-state index contributed by atoms with van der Waals surface area (Å²) in [6.45, 7) is 8.41. The first-order chi connectivity index (χ1) is 16.6. The fraction of sp³-hybridized carbons (Fsp3) is 0.600. The molecule has 7 atom stereocenters. The van der Waals surface area contributed by atoms with Gasteiger partial charge in [-0.05, 0) is 81.8 Å². The molecule has 4 aliphatic rings. The molecular weight excluding hydrogens is 440 g/mol. The molecule has 2 bridgehead atoms. The lowest BCUT2D eigenvalue weighted by molar-refractivity contribution is -0.276. The monoisotopic (exact) mass is 478 g/mol. The van der Waals surface area contributed by atoms with Crippen molar-refractivity contribution in [1.29, 1.82) is 0 Å². The Bertz CT molecular complexity index is 1060. The van der Waals surface area contributed by atoms with Gasteiger partial charge in [0, 0.05) is 16.9 Å². The van der Waals surface area contributed by atoms with E-state index in [4.69, 9.17) is 9.47 Å². The number of hydrogen-bond donors (Lipinski definition) is 1. The van der Waals surface area contributed by atoms with Gasteiger partial charge in [0.25, 0.3) is 0 Å². The van der Waals surface area contributed by atoms with Crippen molar-refractivity contribution in [1.82, 2.24) is 0 Å². The number of esters is 2. The lowest BCUT2D eigenvalue weighted by Crippen LogP contribution is -2.71. The highest BCUT2D eigenvalue weighted by atomic mass is 16.6. The van der Waals surface area contributed by atoms with E-state index in [9.17, 15) is 14.7 Å². The van der Waals surface area contributed by atoms with Crippen LogP contribution in [0, 0.1) is 28.1 Å². The molecule has 5 heteroatoms. The second-order valence-electron chi connectivity index (χ2n) is 11.9. The highest BCUT2D eigenvalue weighted by Gasteiger charge is 2.74. The van der Waals surface area contributed by atoms with Crippen molar-refractivity contribution in [2.75, 3.05) is 7.11 Å². The molecule has 0 amide bonds. The van der Waals surface area contributed by atoms with E-state index in [1.807, 2.05) is 37.3 Å². The SMILES string of the molecule is C=C1C[C@@]23CC[C@@H]4[C@](C)(C(=O)OC)[C@H](OC(=O)/C=C/c5ccccc5)CC[C@@]4(C)[C@]2(O)CC[C@@H]1C3. The Morgan fingerprint density at radius 2 is 1.83 bits per heavy atom. The van der Waals surface area contributed by atoms with Gasteiger partial charge in [-0.1, -0.05) is 49.4 Å². The van der Waals surface area contributed by atoms with E-state index in [1.165, 1.54) is 18.8 Å². The first-order valence-corrected chi connectivity index (χ1v) is 13.0. The number of hydrogen-bond acceptors (Lipinski definition) is 5. The average molecular weight is 479 g/mol. The van der Waals surface area contributed by atoms with Gasteiger partial charge in [0.05, 0.1) is 12.7 Å². The molecule has 1 spiro atoms. The summed E-state index contributed by atoms with van der Waals surface area (Å²) in [7, 11) is 1.40. The van der Waals surface area contributed by atoms with Gasteiger partial charge in [0.2, 0.25) is 0 Å². The lowest BCUT2D eigenvalue weighted by atomic mass is 9.38. The van der Waals surface area contributed by atoms with Crippen LogP contribution in [0.1, 0.15) is 70.8 Å². The smallest absolute Gasteiger partial charge is 0.331 e. The van der Waals surface area contributed by atoms with Crippen LogP contribution >= 0.6 is 0 Å². The molecule has 188 valence electrons. The lowest BCUT2D eigenvalue weighted by Gasteiger charge is -2.68. The molecule has 0 aliphatic heterocycles. The largest absolute Gasteiger partial charge is 0.468 e. The second-order valence-corrected chi connectivity index (χ2v) is 11.9. The van der Waals surface area contributed by atoms with Gasteiger partial charge in [-0.2, -0.15) is 0 Å². The maximum absolute atomic E-state index is 13.4. The van der Waals surface area contributed by atoms with Crippen LogP contribution in [-0.4, -0.2) is 35.9 Å². The summed E-state index contributed by atoms with van der Waals surface area (Å²) < 4.78 is 11.3. The third-order valence-corrected chi connectivity index (χ3v) is 10.6. The molecule has 1 aromatic rings. The van der Waals surface area contributed by atoms with E-state index >= 15 is 0 Å². The van der Waals surface area contributed by atoms with Crippen LogP contribution in [0.2, 0.25) is 0 Å². The quantitative estimate of drug-likeness (QED) is 0.353. The Balaban J connectivity index is 1.45. The fourth-order valence-electron chi connectivity index (χ4n) is 8.73. The Labute approximate surface area is 208 Å². The Morgan fingerprint density at radius 3 is 2.54 bits per heavy atom. The summed E-state index contributed by atoms with van der Waals surface area (Å²) in [6, 6.07) is 9.58. The molecule has 5 rings (SSSR count). The summed E-state index contributed by atoms with van der Waals surface area (Å²) in [5, 5.41) is 12.5. The van der Waals surface area contributed by atoms with Gasteiger partial charge in [-0.25, -0.2) is 4.79 Å². The molecule has 35 heavy (non-hydrogen) atoms. The number of carbonyl (C=O) groups is 2. The van der Waals surface area contributed by atoms with Gasteiger partial charge in [-0.15, -0.1) is 0 Å². The molecule has 4 aliphatic carbocycles. The highest BCUT2D eigenvalue weighted by Crippen LogP contribution is 2.74. The molecule has 4 saturated carbocycles. The van der Waals surface area contributed by atoms with Gasteiger partial charge in [0.15, 0.2) is 0 Å². The van der Waals surface area contributed by atoms with E-state index in [2.05, 4.69) is 13.5 Å². The molecule has 5 nitrogen and oxygen atoms in total. The van der Waals surface area contributed by atoms with Crippen molar-refractivity contribution >= 4 is 18.0 Å². The van der Waals surface area contributed by atoms with E-state index in [0.717, 1.165) is 44.1 Å².